The van der Waals surface area contributed by atoms with Gasteiger partial charge in [0.25, 0.3) is 5.91 Å². The maximum atomic E-state index is 12.1. The number of anilines is 2. The molecule has 0 radical (unpaired) electrons. The first-order chi connectivity index (χ1) is 9.76. The van der Waals surface area contributed by atoms with E-state index in [9.17, 15) is 4.79 Å². The molecule has 0 unspecified atom stereocenters. The van der Waals surface area contributed by atoms with E-state index in [2.05, 4.69) is 15.7 Å². The van der Waals surface area contributed by atoms with Gasteiger partial charge in [0.05, 0.1) is 11.8 Å². The van der Waals surface area contributed by atoms with Crippen LogP contribution < -0.4 is 10.6 Å². The van der Waals surface area contributed by atoms with Crippen molar-refractivity contribution in [3.8, 4) is 0 Å². The summed E-state index contributed by atoms with van der Waals surface area (Å²) < 4.78 is 1.74. The summed E-state index contributed by atoms with van der Waals surface area (Å²) in [5, 5.41) is 10.4. The van der Waals surface area contributed by atoms with E-state index in [4.69, 9.17) is 0 Å². The number of aryl methyl sites for hydroxylation is 2. The van der Waals surface area contributed by atoms with Crippen molar-refractivity contribution in [1.29, 1.82) is 0 Å². The predicted molar refractivity (Wildman–Crippen MR) is 86.4 cm³/mol. The van der Waals surface area contributed by atoms with Gasteiger partial charge in [-0.05, 0) is 43.5 Å². The minimum Gasteiger partial charge on any atom is -0.385 e. The molecule has 1 aromatic heterocycles. The molecule has 2 aromatic rings. The zero-order chi connectivity index (χ0) is 13.9. The summed E-state index contributed by atoms with van der Waals surface area (Å²) in [4.78, 5) is 12.1. The molecular weight excluding hydrogens is 288 g/mol. The Hall–Kier alpha value is -2.01. The largest absolute Gasteiger partial charge is 0.385 e. The Morgan fingerprint density at radius 2 is 2.33 bits per heavy atom. The van der Waals surface area contributed by atoms with Gasteiger partial charge in [-0.3, -0.25) is 9.48 Å². The highest BCUT2D eigenvalue weighted by atomic mass is 35.5. The standard InChI is InChI=1S/C15H18N4O.ClH/c1-2-19-10-12(9-17-19)15(20)18-13-5-6-14-11(8-13)4-3-7-16-14;/h5-6,8-10,16H,2-4,7H2,1H3,(H,18,20);1H. The number of aromatic nitrogens is 2. The van der Waals surface area contributed by atoms with E-state index in [-0.39, 0.29) is 18.3 Å². The average molecular weight is 307 g/mol. The molecule has 3 rings (SSSR count). The molecule has 0 fully saturated rings. The molecule has 112 valence electrons. The fraction of sp³-hybridized carbons (Fsp3) is 0.333. The van der Waals surface area contributed by atoms with Gasteiger partial charge in [0.1, 0.15) is 0 Å². The summed E-state index contributed by atoms with van der Waals surface area (Å²) >= 11 is 0. The van der Waals surface area contributed by atoms with Crippen LogP contribution >= 0.6 is 12.4 Å². The van der Waals surface area contributed by atoms with Gasteiger partial charge in [0.15, 0.2) is 0 Å². The van der Waals surface area contributed by atoms with Crippen molar-refractivity contribution >= 4 is 29.7 Å². The third kappa shape index (κ3) is 3.36. The van der Waals surface area contributed by atoms with E-state index < -0.39 is 0 Å². The summed E-state index contributed by atoms with van der Waals surface area (Å²) in [7, 11) is 0. The van der Waals surface area contributed by atoms with Crippen LogP contribution in [0.3, 0.4) is 0 Å². The van der Waals surface area contributed by atoms with Crippen LogP contribution in [0, 0.1) is 0 Å². The summed E-state index contributed by atoms with van der Waals surface area (Å²) in [6.45, 7) is 3.78. The van der Waals surface area contributed by atoms with E-state index in [1.807, 2.05) is 25.1 Å². The highest BCUT2D eigenvalue weighted by Crippen LogP contribution is 2.25. The number of halogens is 1. The quantitative estimate of drug-likeness (QED) is 0.916. The van der Waals surface area contributed by atoms with Crippen molar-refractivity contribution in [1.82, 2.24) is 9.78 Å². The summed E-state index contributed by atoms with van der Waals surface area (Å²) in [5.41, 5.74) is 3.86. The first-order valence-corrected chi connectivity index (χ1v) is 6.97. The molecule has 0 spiro atoms. The van der Waals surface area contributed by atoms with Gasteiger partial charge < -0.3 is 10.6 Å². The number of hydrogen-bond donors (Lipinski definition) is 2. The predicted octanol–water partition coefficient (Wildman–Crippen LogP) is 2.94. The minimum absolute atomic E-state index is 0. The molecule has 5 nitrogen and oxygen atoms in total. The minimum atomic E-state index is -0.117. The first kappa shape index (κ1) is 15.4. The molecule has 0 bridgehead atoms. The number of amides is 1. The van der Waals surface area contributed by atoms with Gasteiger partial charge in [-0.15, -0.1) is 12.4 Å². The number of nitrogens with one attached hydrogen (secondary N) is 2. The molecule has 0 aliphatic carbocycles. The molecule has 21 heavy (non-hydrogen) atoms. The second kappa shape index (κ2) is 6.63. The van der Waals surface area contributed by atoms with Crippen LogP contribution in [0.2, 0.25) is 0 Å². The number of carbonyl (C=O) groups is 1. The van der Waals surface area contributed by atoms with Crippen LogP contribution in [0.4, 0.5) is 11.4 Å². The molecule has 0 atom stereocenters. The van der Waals surface area contributed by atoms with Gasteiger partial charge in [-0.1, -0.05) is 0 Å². The molecule has 1 amide bonds. The number of nitrogens with zero attached hydrogens (tertiary/aromatic N) is 2. The Bertz CT molecular complexity index is 638. The molecule has 1 aliphatic heterocycles. The fourth-order valence-corrected chi connectivity index (χ4v) is 2.41. The van der Waals surface area contributed by atoms with Gasteiger partial charge in [-0.2, -0.15) is 5.10 Å². The van der Waals surface area contributed by atoms with Crippen molar-refractivity contribution in [2.45, 2.75) is 26.3 Å². The highest BCUT2D eigenvalue weighted by Gasteiger charge is 2.12. The Kier molecular flexibility index (Phi) is 4.85. The second-order valence-corrected chi connectivity index (χ2v) is 4.94. The van der Waals surface area contributed by atoms with Gasteiger partial charge >= 0.3 is 0 Å². The Morgan fingerprint density at radius 3 is 3.10 bits per heavy atom. The van der Waals surface area contributed by atoms with E-state index >= 15 is 0 Å². The monoisotopic (exact) mass is 306 g/mol. The zero-order valence-corrected chi connectivity index (χ0v) is 12.7. The lowest BCUT2D eigenvalue weighted by Gasteiger charge is -2.18. The van der Waals surface area contributed by atoms with Crippen LogP contribution in [-0.4, -0.2) is 22.2 Å². The lowest BCUT2D eigenvalue weighted by molar-refractivity contribution is 0.102. The van der Waals surface area contributed by atoms with Crippen molar-refractivity contribution in [3.63, 3.8) is 0 Å². The summed E-state index contributed by atoms with van der Waals surface area (Å²) in [6, 6.07) is 6.00. The molecular formula is C15H19ClN4O. The van der Waals surface area contributed by atoms with Crippen molar-refractivity contribution < 1.29 is 4.79 Å². The summed E-state index contributed by atoms with van der Waals surface area (Å²) in [5.74, 6) is -0.117. The van der Waals surface area contributed by atoms with Crippen molar-refractivity contribution in [2.24, 2.45) is 0 Å². The average Bonchev–Trinajstić information content (AvgIpc) is 2.96. The second-order valence-electron chi connectivity index (χ2n) is 4.94. The van der Waals surface area contributed by atoms with Crippen LogP contribution in [0.5, 0.6) is 0 Å². The third-order valence-corrected chi connectivity index (χ3v) is 3.52. The highest BCUT2D eigenvalue weighted by molar-refractivity contribution is 6.04. The van der Waals surface area contributed by atoms with E-state index in [1.54, 1.807) is 17.1 Å². The Labute approximate surface area is 130 Å². The molecule has 0 saturated carbocycles. The van der Waals surface area contributed by atoms with E-state index in [0.29, 0.717) is 5.56 Å². The first-order valence-electron chi connectivity index (χ1n) is 6.97. The number of fused-ring (bicyclic) bond motifs is 1. The van der Waals surface area contributed by atoms with Crippen molar-refractivity contribution in [3.05, 3.63) is 41.7 Å². The van der Waals surface area contributed by atoms with Gasteiger partial charge in [-0.25, -0.2) is 0 Å². The lowest BCUT2D eigenvalue weighted by atomic mass is 10.0. The van der Waals surface area contributed by atoms with Crippen LogP contribution in [0.1, 0.15) is 29.3 Å². The number of hydrogen-bond acceptors (Lipinski definition) is 3. The maximum absolute atomic E-state index is 12.1. The Balaban J connectivity index is 0.00000161. The normalized spacial score (nSPS) is 12.8. The lowest BCUT2D eigenvalue weighted by Crippen LogP contribution is -2.14. The molecule has 1 aliphatic rings. The Morgan fingerprint density at radius 1 is 1.48 bits per heavy atom. The van der Waals surface area contributed by atoms with Gasteiger partial charge in [0.2, 0.25) is 0 Å². The number of carbonyl (C=O) groups excluding carboxylic acids is 1. The van der Waals surface area contributed by atoms with E-state index in [1.165, 1.54) is 11.3 Å². The third-order valence-electron chi connectivity index (χ3n) is 3.52. The maximum Gasteiger partial charge on any atom is 0.258 e. The molecule has 0 saturated heterocycles. The van der Waals surface area contributed by atoms with Crippen LogP contribution in [0.25, 0.3) is 0 Å². The van der Waals surface area contributed by atoms with Crippen LogP contribution in [-0.2, 0) is 13.0 Å². The van der Waals surface area contributed by atoms with Gasteiger partial charge in [0, 0.05) is 30.7 Å². The molecule has 2 N–H and O–H groups in total. The summed E-state index contributed by atoms with van der Waals surface area (Å²) in [6.07, 6.45) is 5.54. The van der Waals surface area contributed by atoms with E-state index in [0.717, 1.165) is 31.6 Å². The smallest absolute Gasteiger partial charge is 0.258 e. The topological polar surface area (TPSA) is 59.0 Å². The number of benzene rings is 1. The van der Waals surface area contributed by atoms with Crippen molar-refractivity contribution in [2.75, 3.05) is 17.2 Å². The molecule has 2 heterocycles. The van der Waals surface area contributed by atoms with Crippen LogP contribution in [0.15, 0.2) is 30.6 Å². The molecule has 1 aromatic carbocycles. The number of rotatable bonds is 3. The molecule has 6 heteroatoms. The zero-order valence-electron chi connectivity index (χ0n) is 11.9. The fourth-order valence-electron chi connectivity index (χ4n) is 2.41. The SMILES string of the molecule is CCn1cc(C(=O)Nc2ccc3c(c2)CCCN3)cn1.Cl.